The highest BCUT2D eigenvalue weighted by Gasteiger charge is 2.46. The lowest BCUT2D eigenvalue weighted by atomic mass is 9.97. The summed E-state index contributed by atoms with van der Waals surface area (Å²) in [5.41, 5.74) is 2.32. The van der Waals surface area contributed by atoms with Crippen molar-refractivity contribution in [3.8, 4) is 12.3 Å². The van der Waals surface area contributed by atoms with Gasteiger partial charge in [-0.1, -0.05) is 31.9 Å². The summed E-state index contributed by atoms with van der Waals surface area (Å²) < 4.78 is 27.1. The number of pyridine rings is 1. The summed E-state index contributed by atoms with van der Waals surface area (Å²) in [5.74, 6) is -1.14. The Balaban J connectivity index is 1.73. The monoisotopic (exact) mass is 384 g/mol. The molecule has 3 rings (SSSR count). The second kappa shape index (κ2) is 7.67. The molecule has 6 heteroatoms. The quantitative estimate of drug-likeness (QED) is 0.574. The number of likely N-dealkylation sites (tertiary alicyclic amines) is 1. The molecular formula is C22H22F2N2O2. The first-order valence-corrected chi connectivity index (χ1v) is 9.27. The molecule has 0 aliphatic carbocycles. The Morgan fingerprint density at radius 2 is 2.07 bits per heavy atom. The van der Waals surface area contributed by atoms with Crippen LogP contribution in [0.5, 0.6) is 0 Å². The van der Waals surface area contributed by atoms with E-state index in [9.17, 15) is 18.4 Å². The predicted molar refractivity (Wildman–Crippen MR) is 103 cm³/mol. The number of carbonyl (C=O) groups excluding carboxylic acids is 2. The predicted octanol–water partition coefficient (Wildman–Crippen LogP) is 4.19. The van der Waals surface area contributed by atoms with E-state index in [1.54, 1.807) is 12.3 Å². The summed E-state index contributed by atoms with van der Waals surface area (Å²) in [6, 6.07) is 6.47. The van der Waals surface area contributed by atoms with Gasteiger partial charge in [-0.05, 0) is 23.6 Å². The zero-order valence-electron chi connectivity index (χ0n) is 15.9. The van der Waals surface area contributed by atoms with E-state index in [0.717, 1.165) is 21.4 Å². The van der Waals surface area contributed by atoms with E-state index in [0.29, 0.717) is 11.5 Å². The first kappa shape index (κ1) is 19.9. The number of alkyl halides is 2. The number of terminal acetylenes is 1. The Hall–Kier alpha value is -2.81. The van der Waals surface area contributed by atoms with Crippen LogP contribution in [0.15, 0.2) is 30.5 Å². The van der Waals surface area contributed by atoms with E-state index in [4.69, 9.17) is 6.42 Å². The number of hydrogen-bond acceptors (Lipinski definition) is 3. The van der Waals surface area contributed by atoms with Crippen molar-refractivity contribution in [3.05, 3.63) is 41.6 Å². The summed E-state index contributed by atoms with van der Waals surface area (Å²) in [6.45, 7) is 3.46. The molecule has 1 aliphatic heterocycles. The first-order valence-electron chi connectivity index (χ1n) is 9.27. The lowest BCUT2D eigenvalue weighted by molar-refractivity contribution is -0.132. The van der Waals surface area contributed by atoms with Crippen LogP contribution in [0.4, 0.5) is 8.78 Å². The third-order valence-corrected chi connectivity index (χ3v) is 5.08. The average molecular weight is 384 g/mol. The van der Waals surface area contributed by atoms with Gasteiger partial charge in [0.2, 0.25) is 5.91 Å². The third kappa shape index (κ3) is 4.04. The highest BCUT2D eigenvalue weighted by Crippen LogP contribution is 2.32. The van der Waals surface area contributed by atoms with Crippen LogP contribution in [0, 0.1) is 12.3 Å². The fraction of sp³-hybridized carbons (Fsp3) is 0.409. The number of rotatable bonds is 5. The van der Waals surface area contributed by atoms with Crippen LogP contribution in [0.2, 0.25) is 0 Å². The van der Waals surface area contributed by atoms with Gasteiger partial charge in [-0.25, -0.2) is 8.78 Å². The lowest BCUT2D eigenvalue weighted by Gasteiger charge is -2.19. The maximum absolute atomic E-state index is 13.6. The van der Waals surface area contributed by atoms with Crippen LogP contribution in [0.25, 0.3) is 10.9 Å². The van der Waals surface area contributed by atoms with Crippen molar-refractivity contribution in [2.24, 2.45) is 0 Å². The zero-order chi connectivity index (χ0) is 20.5. The summed E-state index contributed by atoms with van der Waals surface area (Å²) in [5, 5.41) is 0.721. The van der Waals surface area contributed by atoms with Crippen molar-refractivity contribution >= 4 is 22.6 Å². The van der Waals surface area contributed by atoms with E-state index in [-0.39, 0.29) is 18.6 Å². The molecule has 1 amide bonds. The van der Waals surface area contributed by atoms with Gasteiger partial charge in [-0.15, -0.1) is 6.42 Å². The molecule has 4 nitrogen and oxygen atoms in total. The van der Waals surface area contributed by atoms with Crippen LogP contribution in [0.3, 0.4) is 0 Å². The molecule has 1 aliphatic rings. The van der Waals surface area contributed by atoms with Crippen molar-refractivity contribution in [1.82, 2.24) is 9.88 Å². The van der Waals surface area contributed by atoms with E-state index in [2.05, 4.69) is 24.8 Å². The largest absolute Gasteiger partial charge is 0.323 e. The van der Waals surface area contributed by atoms with Crippen molar-refractivity contribution in [1.29, 1.82) is 0 Å². The number of ketones is 1. The number of halogens is 2. The molecule has 0 N–H and O–H groups in total. The molecule has 1 aromatic carbocycles. The lowest BCUT2D eigenvalue weighted by Crippen LogP contribution is -2.36. The fourth-order valence-electron chi connectivity index (χ4n) is 3.49. The van der Waals surface area contributed by atoms with Crippen LogP contribution in [0.1, 0.15) is 54.9 Å². The minimum Gasteiger partial charge on any atom is -0.323 e. The molecule has 0 spiro atoms. The molecule has 0 saturated carbocycles. The second-order valence-electron chi connectivity index (χ2n) is 7.48. The average Bonchev–Trinajstić information content (AvgIpc) is 2.99. The maximum atomic E-state index is 13.6. The van der Waals surface area contributed by atoms with Crippen molar-refractivity contribution in [3.63, 3.8) is 0 Å². The standard InChI is InChI=1S/C22H22F2N2O2/c1-4-16-12-22(23,24)13-26(16)21(28)8-7-20(27)18-9-10-25-19-11-15(14(2)3)5-6-17(18)19/h1,5-6,9-11,14,16H,7-8,12-13H2,2-3H3. The molecule has 0 bridgehead atoms. The number of benzene rings is 1. The number of carbonyl (C=O) groups is 2. The SMILES string of the molecule is C#CC1CC(F)(F)CN1C(=O)CCC(=O)c1ccnc2cc(C(C)C)ccc12. The van der Waals surface area contributed by atoms with E-state index < -0.39 is 30.8 Å². The van der Waals surface area contributed by atoms with Gasteiger partial charge in [0.05, 0.1) is 18.1 Å². The minimum atomic E-state index is -2.98. The molecule has 1 aromatic heterocycles. The maximum Gasteiger partial charge on any atom is 0.268 e. The van der Waals surface area contributed by atoms with Crippen LogP contribution in [-0.4, -0.2) is 40.1 Å². The van der Waals surface area contributed by atoms with Gasteiger partial charge in [0.1, 0.15) is 0 Å². The second-order valence-corrected chi connectivity index (χ2v) is 7.48. The molecule has 28 heavy (non-hydrogen) atoms. The van der Waals surface area contributed by atoms with Crippen molar-refractivity contribution in [2.75, 3.05) is 6.54 Å². The van der Waals surface area contributed by atoms with Gasteiger partial charge in [0, 0.05) is 36.4 Å². The highest BCUT2D eigenvalue weighted by atomic mass is 19.3. The van der Waals surface area contributed by atoms with Crippen molar-refractivity contribution in [2.45, 2.75) is 51.0 Å². The summed E-state index contributed by atoms with van der Waals surface area (Å²) in [6.07, 6.45) is 6.09. The van der Waals surface area contributed by atoms with Crippen LogP contribution >= 0.6 is 0 Å². The van der Waals surface area contributed by atoms with Crippen molar-refractivity contribution < 1.29 is 18.4 Å². The Kier molecular flexibility index (Phi) is 5.46. The minimum absolute atomic E-state index is 0.0662. The number of nitrogens with zero attached hydrogens (tertiary/aromatic N) is 2. The summed E-state index contributed by atoms with van der Waals surface area (Å²) in [4.78, 5) is 30.4. The Bertz CT molecular complexity index is 963. The van der Waals surface area contributed by atoms with Gasteiger partial charge in [0.25, 0.3) is 5.92 Å². The zero-order valence-corrected chi connectivity index (χ0v) is 15.9. The molecule has 2 aromatic rings. The molecular weight excluding hydrogens is 362 g/mol. The van der Waals surface area contributed by atoms with Gasteiger partial charge in [-0.2, -0.15) is 0 Å². The highest BCUT2D eigenvalue weighted by molar-refractivity contribution is 6.08. The Morgan fingerprint density at radius 3 is 2.75 bits per heavy atom. The van der Waals surface area contributed by atoms with Gasteiger partial charge >= 0.3 is 0 Å². The van der Waals surface area contributed by atoms with Gasteiger partial charge < -0.3 is 4.90 Å². The van der Waals surface area contributed by atoms with Gasteiger partial charge in [0.15, 0.2) is 5.78 Å². The molecule has 1 fully saturated rings. The third-order valence-electron chi connectivity index (χ3n) is 5.08. The Labute approximate surface area is 162 Å². The molecule has 1 saturated heterocycles. The molecule has 0 radical (unpaired) electrons. The Morgan fingerprint density at radius 1 is 1.32 bits per heavy atom. The summed E-state index contributed by atoms with van der Waals surface area (Å²) in [7, 11) is 0. The van der Waals surface area contributed by atoms with Gasteiger partial charge in [-0.3, -0.25) is 14.6 Å². The number of hydrogen-bond donors (Lipinski definition) is 0. The topological polar surface area (TPSA) is 50.3 Å². The first-order chi connectivity index (χ1) is 13.2. The number of Topliss-reactive ketones (excluding diaryl/α,β-unsaturated/α-hetero) is 1. The molecule has 2 heterocycles. The number of amides is 1. The van der Waals surface area contributed by atoms with E-state index >= 15 is 0 Å². The van der Waals surface area contributed by atoms with E-state index in [1.165, 1.54) is 0 Å². The fourth-order valence-corrected chi connectivity index (χ4v) is 3.49. The summed E-state index contributed by atoms with van der Waals surface area (Å²) >= 11 is 0. The molecule has 1 atom stereocenters. The van der Waals surface area contributed by atoms with Crippen LogP contribution in [-0.2, 0) is 4.79 Å². The normalized spacial score (nSPS) is 18.4. The smallest absolute Gasteiger partial charge is 0.268 e. The van der Waals surface area contributed by atoms with Crippen LogP contribution < -0.4 is 0 Å². The van der Waals surface area contributed by atoms with E-state index in [1.807, 2.05) is 18.2 Å². The number of aromatic nitrogens is 1. The molecule has 146 valence electrons. The number of fused-ring (bicyclic) bond motifs is 1. The molecule has 1 unspecified atom stereocenters.